The molecule has 1 heterocycles. The molecule has 1 aliphatic rings. The fourth-order valence-corrected chi connectivity index (χ4v) is 3.30. The summed E-state index contributed by atoms with van der Waals surface area (Å²) in [7, 11) is 0. The molecular weight excluding hydrogens is 292 g/mol. The van der Waals surface area contributed by atoms with E-state index in [9.17, 15) is 0 Å². The predicted molar refractivity (Wildman–Crippen MR) is 104 cm³/mol. The molecule has 0 amide bonds. The van der Waals surface area contributed by atoms with Gasteiger partial charge in [-0.1, -0.05) is 42.0 Å². The standard InChI is InChI=1S/C22H26N2/c1-17(2)20-15-22(3,4)23-21(20)16-24(18-11-7-5-8-12-18)19-13-9-6-10-14-19/h5-14H,15-16H2,1-4H3. The number of anilines is 2. The van der Waals surface area contributed by atoms with E-state index in [0.29, 0.717) is 0 Å². The summed E-state index contributed by atoms with van der Waals surface area (Å²) in [6, 6.07) is 21.1. The number of benzene rings is 2. The van der Waals surface area contributed by atoms with E-state index in [2.05, 4.69) is 93.3 Å². The first-order valence-corrected chi connectivity index (χ1v) is 8.59. The first-order valence-electron chi connectivity index (χ1n) is 8.59. The van der Waals surface area contributed by atoms with Crippen LogP contribution in [-0.4, -0.2) is 17.8 Å². The maximum Gasteiger partial charge on any atom is 0.0652 e. The van der Waals surface area contributed by atoms with E-state index in [1.54, 1.807) is 0 Å². The highest BCUT2D eigenvalue weighted by Gasteiger charge is 2.30. The van der Waals surface area contributed by atoms with Crippen LogP contribution in [0, 0.1) is 0 Å². The number of hydrogen-bond donors (Lipinski definition) is 0. The summed E-state index contributed by atoms with van der Waals surface area (Å²) >= 11 is 0. The van der Waals surface area contributed by atoms with Gasteiger partial charge < -0.3 is 4.90 Å². The minimum atomic E-state index is 0.000975. The Balaban J connectivity index is 2.00. The average molecular weight is 318 g/mol. The highest BCUT2D eigenvalue weighted by Crippen LogP contribution is 2.33. The molecule has 124 valence electrons. The Kier molecular flexibility index (Phi) is 4.57. The van der Waals surface area contributed by atoms with Crippen LogP contribution in [0.3, 0.4) is 0 Å². The minimum absolute atomic E-state index is 0.000975. The van der Waals surface area contributed by atoms with Crippen molar-refractivity contribution >= 4 is 17.1 Å². The predicted octanol–water partition coefficient (Wildman–Crippen LogP) is 5.78. The molecule has 0 bridgehead atoms. The molecule has 0 saturated heterocycles. The van der Waals surface area contributed by atoms with Crippen molar-refractivity contribution in [3.8, 4) is 0 Å². The molecule has 0 aliphatic carbocycles. The van der Waals surface area contributed by atoms with Crippen LogP contribution >= 0.6 is 0 Å². The van der Waals surface area contributed by atoms with Crippen molar-refractivity contribution in [2.45, 2.75) is 39.7 Å². The molecule has 0 N–H and O–H groups in total. The van der Waals surface area contributed by atoms with Gasteiger partial charge in [0.05, 0.1) is 17.8 Å². The zero-order chi connectivity index (χ0) is 17.2. The van der Waals surface area contributed by atoms with Gasteiger partial charge in [-0.2, -0.15) is 0 Å². The lowest BCUT2D eigenvalue weighted by Gasteiger charge is -2.25. The zero-order valence-corrected chi connectivity index (χ0v) is 15.1. The van der Waals surface area contributed by atoms with Crippen molar-refractivity contribution in [2.75, 3.05) is 11.4 Å². The molecular formula is C22H26N2. The minimum Gasteiger partial charge on any atom is -0.335 e. The van der Waals surface area contributed by atoms with Crippen LogP contribution in [0.15, 0.2) is 76.8 Å². The smallest absolute Gasteiger partial charge is 0.0652 e. The molecule has 2 aromatic carbocycles. The van der Waals surface area contributed by atoms with Gasteiger partial charge in [-0.15, -0.1) is 0 Å². The summed E-state index contributed by atoms with van der Waals surface area (Å²) in [5.74, 6) is 0. The van der Waals surface area contributed by atoms with Crippen LogP contribution in [-0.2, 0) is 0 Å². The van der Waals surface area contributed by atoms with Gasteiger partial charge in [-0.05, 0) is 64.0 Å². The fraction of sp³-hybridized carbons (Fsp3) is 0.318. The summed E-state index contributed by atoms with van der Waals surface area (Å²) in [5.41, 5.74) is 6.40. The number of para-hydroxylation sites is 2. The summed E-state index contributed by atoms with van der Waals surface area (Å²) in [6.45, 7) is 9.64. The van der Waals surface area contributed by atoms with Crippen molar-refractivity contribution in [2.24, 2.45) is 4.99 Å². The number of hydrogen-bond acceptors (Lipinski definition) is 2. The highest BCUT2D eigenvalue weighted by molar-refractivity contribution is 6.06. The molecule has 24 heavy (non-hydrogen) atoms. The molecule has 0 atom stereocenters. The van der Waals surface area contributed by atoms with Crippen molar-refractivity contribution in [3.05, 3.63) is 71.8 Å². The van der Waals surface area contributed by atoms with E-state index in [4.69, 9.17) is 4.99 Å². The molecule has 2 heteroatoms. The third-order valence-electron chi connectivity index (χ3n) is 4.44. The van der Waals surface area contributed by atoms with Crippen LogP contribution in [0.25, 0.3) is 0 Å². The van der Waals surface area contributed by atoms with E-state index in [0.717, 1.165) is 13.0 Å². The lowest BCUT2D eigenvalue weighted by molar-refractivity contribution is 0.545. The lowest BCUT2D eigenvalue weighted by Crippen LogP contribution is -2.25. The second-order valence-electron chi connectivity index (χ2n) is 7.28. The quantitative estimate of drug-likeness (QED) is 0.697. The van der Waals surface area contributed by atoms with E-state index in [1.165, 1.54) is 28.2 Å². The van der Waals surface area contributed by atoms with Crippen molar-refractivity contribution in [1.29, 1.82) is 0 Å². The summed E-state index contributed by atoms with van der Waals surface area (Å²) < 4.78 is 0. The van der Waals surface area contributed by atoms with Gasteiger partial charge in [0.2, 0.25) is 0 Å². The third kappa shape index (κ3) is 3.59. The maximum atomic E-state index is 5.03. The van der Waals surface area contributed by atoms with Gasteiger partial charge >= 0.3 is 0 Å². The number of rotatable bonds is 4. The van der Waals surface area contributed by atoms with Gasteiger partial charge in [0.1, 0.15) is 0 Å². The molecule has 0 saturated carbocycles. The van der Waals surface area contributed by atoms with E-state index >= 15 is 0 Å². The van der Waals surface area contributed by atoms with E-state index in [-0.39, 0.29) is 5.54 Å². The van der Waals surface area contributed by atoms with Gasteiger partial charge in [0.15, 0.2) is 0 Å². The first kappa shape index (κ1) is 16.5. The SMILES string of the molecule is CC(C)=C1CC(C)(C)N=C1CN(c1ccccc1)c1ccccc1. The zero-order valence-electron chi connectivity index (χ0n) is 15.1. The number of allylic oxidation sites excluding steroid dienone is 1. The molecule has 3 rings (SSSR count). The van der Waals surface area contributed by atoms with E-state index < -0.39 is 0 Å². The van der Waals surface area contributed by atoms with Crippen molar-refractivity contribution in [1.82, 2.24) is 0 Å². The lowest BCUT2D eigenvalue weighted by atomic mass is 9.95. The van der Waals surface area contributed by atoms with Gasteiger partial charge in [-0.25, -0.2) is 0 Å². The Morgan fingerprint density at radius 2 is 1.42 bits per heavy atom. The monoisotopic (exact) mass is 318 g/mol. The topological polar surface area (TPSA) is 15.6 Å². The van der Waals surface area contributed by atoms with Crippen molar-refractivity contribution < 1.29 is 0 Å². The summed E-state index contributed by atoms with van der Waals surface area (Å²) in [4.78, 5) is 7.38. The Morgan fingerprint density at radius 3 is 1.88 bits per heavy atom. The van der Waals surface area contributed by atoms with Crippen LogP contribution in [0.4, 0.5) is 11.4 Å². The van der Waals surface area contributed by atoms with Gasteiger partial charge in [0.25, 0.3) is 0 Å². The molecule has 0 spiro atoms. The van der Waals surface area contributed by atoms with Crippen LogP contribution in [0.2, 0.25) is 0 Å². The largest absolute Gasteiger partial charge is 0.335 e. The first-order chi connectivity index (χ1) is 11.5. The maximum absolute atomic E-state index is 5.03. The second-order valence-corrected chi connectivity index (χ2v) is 7.28. The van der Waals surface area contributed by atoms with E-state index in [1.807, 2.05) is 0 Å². The molecule has 0 radical (unpaired) electrons. The molecule has 0 unspecified atom stereocenters. The third-order valence-corrected chi connectivity index (χ3v) is 4.44. The van der Waals surface area contributed by atoms with Gasteiger partial charge in [-0.3, -0.25) is 4.99 Å². The van der Waals surface area contributed by atoms with Crippen LogP contribution in [0.1, 0.15) is 34.1 Å². The van der Waals surface area contributed by atoms with Crippen LogP contribution in [0.5, 0.6) is 0 Å². The summed E-state index contributed by atoms with van der Waals surface area (Å²) in [5, 5.41) is 0. The summed E-state index contributed by atoms with van der Waals surface area (Å²) in [6.07, 6.45) is 1.03. The normalized spacial score (nSPS) is 16.0. The molecule has 2 aromatic rings. The molecule has 0 fully saturated rings. The Morgan fingerprint density at radius 1 is 0.917 bits per heavy atom. The Labute approximate surface area is 145 Å². The Hall–Kier alpha value is -2.35. The van der Waals surface area contributed by atoms with Crippen molar-refractivity contribution in [3.63, 3.8) is 0 Å². The molecule has 2 nitrogen and oxygen atoms in total. The Bertz CT molecular complexity index is 712. The number of nitrogens with zero attached hydrogens (tertiary/aromatic N) is 2. The highest BCUT2D eigenvalue weighted by atomic mass is 15.1. The molecule has 0 aromatic heterocycles. The van der Waals surface area contributed by atoms with Crippen LogP contribution < -0.4 is 4.90 Å². The molecule has 1 aliphatic heterocycles. The fourth-order valence-electron chi connectivity index (χ4n) is 3.30. The second kappa shape index (κ2) is 6.64. The number of aliphatic imine (C=N–C) groups is 1. The van der Waals surface area contributed by atoms with Gasteiger partial charge in [0, 0.05) is 11.4 Å². The average Bonchev–Trinajstić information content (AvgIpc) is 2.89.